The van der Waals surface area contributed by atoms with Gasteiger partial charge in [-0.15, -0.1) is 0 Å². The van der Waals surface area contributed by atoms with E-state index < -0.39 is 0 Å². The van der Waals surface area contributed by atoms with Crippen LogP contribution in [0.5, 0.6) is 11.5 Å². The minimum absolute atomic E-state index is 0.0452. The molecule has 1 amide bonds. The van der Waals surface area contributed by atoms with Gasteiger partial charge in [0, 0.05) is 33.7 Å². The Hall–Kier alpha value is -3.44. The highest BCUT2D eigenvalue weighted by atomic mass is 35.5. The molecule has 1 aliphatic heterocycles. The molecule has 0 aliphatic carbocycles. The Bertz CT molecular complexity index is 1350. The van der Waals surface area contributed by atoms with Gasteiger partial charge in [0.1, 0.15) is 0 Å². The van der Waals surface area contributed by atoms with Crippen LogP contribution in [0.15, 0.2) is 66.7 Å². The highest BCUT2D eigenvalue weighted by molar-refractivity contribution is 6.30. The monoisotopic (exact) mass is 488 g/mol. The van der Waals surface area contributed by atoms with Crippen LogP contribution in [0.2, 0.25) is 5.02 Å². The minimum Gasteiger partial charge on any atom is -0.490 e. The number of aromatic amines is 1. The molecule has 0 bridgehead atoms. The number of H-pyrrole nitrogens is 1. The van der Waals surface area contributed by atoms with Gasteiger partial charge >= 0.3 is 0 Å². The van der Waals surface area contributed by atoms with Crippen molar-refractivity contribution in [1.82, 2.24) is 9.88 Å². The van der Waals surface area contributed by atoms with Gasteiger partial charge in [0.05, 0.1) is 25.7 Å². The summed E-state index contributed by atoms with van der Waals surface area (Å²) in [6.07, 6.45) is 1.03. The fraction of sp³-hybridized carbons (Fsp3) is 0.276. The number of rotatable bonds is 7. The topological polar surface area (TPSA) is 54.6 Å². The van der Waals surface area contributed by atoms with E-state index in [2.05, 4.69) is 23.2 Å². The van der Waals surface area contributed by atoms with Crippen LogP contribution in [0.25, 0.3) is 10.9 Å². The highest BCUT2D eigenvalue weighted by Gasteiger charge is 2.34. The van der Waals surface area contributed by atoms with Crippen molar-refractivity contribution >= 4 is 28.4 Å². The molecule has 1 N–H and O–H groups in total. The van der Waals surface area contributed by atoms with Crippen molar-refractivity contribution in [3.63, 3.8) is 0 Å². The van der Waals surface area contributed by atoms with Crippen LogP contribution in [0.1, 0.15) is 42.3 Å². The molecule has 0 fully saturated rings. The van der Waals surface area contributed by atoms with Gasteiger partial charge in [-0.2, -0.15) is 0 Å². The molecule has 0 saturated carbocycles. The SMILES string of the molecule is CCOc1cccc(CC(=O)N2CCc3c([nH]c4ccccc34)[C@H]2c2ccc(Cl)cc2)c1OCC. The molecular weight excluding hydrogens is 460 g/mol. The second-order valence-electron chi connectivity index (χ2n) is 8.64. The van der Waals surface area contributed by atoms with Crippen molar-refractivity contribution in [2.75, 3.05) is 19.8 Å². The quantitative estimate of drug-likeness (QED) is 0.330. The molecule has 4 aromatic rings. The van der Waals surface area contributed by atoms with E-state index in [4.69, 9.17) is 21.1 Å². The van der Waals surface area contributed by atoms with Gasteiger partial charge in [-0.05, 0) is 55.7 Å². The van der Waals surface area contributed by atoms with E-state index in [1.54, 1.807) is 0 Å². The first-order chi connectivity index (χ1) is 17.1. The Morgan fingerprint density at radius 3 is 2.54 bits per heavy atom. The van der Waals surface area contributed by atoms with E-state index in [9.17, 15) is 4.79 Å². The third-order valence-corrected chi connectivity index (χ3v) is 6.78. The predicted molar refractivity (Wildman–Crippen MR) is 139 cm³/mol. The molecule has 35 heavy (non-hydrogen) atoms. The van der Waals surface area contributed by atoms with Gasteiger partial charge in [0.2, 0.25) is 5.91 Å². The number of carbonyl (C=O) groups excluding carboxylic acids is 1. The number of hydrogen-bond donors (Lipinski definition) is 1. The summed E-state index contributed by atoms with van der Waals surface area (Å²) in [6.45, 7) is 5.55. The average molecular weight is 489 g/mol. The Kier molecular flexibility index (Phi) is 6.69. The van der Waals surface area contributed by atoms with Crippen LogP contribution in [0.4, 0.5) is 0 Å². The summed E-state index contributed by atoms with van der Waals surface area (Å²) in [5.41, 5.74) is 5.30. The third-order valence-electron chi connectivity index (χ3n) is 6.53. The lowest BCUT2D eigenvalue weighted by Crippen LogP contribution is -2.41. The van der Waals surface area contributed by atoms with Crippen LogP contribution in [-0.2, 0) is 17.6 Å². The van der Waals surface area contributed by atoms with Gasteiger partial charge in [-0.1, -0.05) is 54.1 Å². The Balaban J connectivity index is 1.54. The molecule has 0 unspecified atom stereocenters. The highest BCUT2D eigenvalue weighted by Crippen LogP contribution is 2.40. The summed E-state index contributed by atoms with van der Waals surface area (Å²) in [5.74, 6) is 1.37. The largest absolute Gasteiger partial charge is 0.490 e. The van der Waals surface area contributed by atoms with Crippen molar-refractivity contribution in [2.45, 2.75) is 32.7 Å². The van der Waals surface area contributed by atoms with Crippen molar-refractivity contribution in [2.24, 2.45) is 0 Å². The van der Waals surface area contributed by atoms with Crippen molar-refractivity contribution in [3.05, 3.63) is 94.1 Å². The number of fused-ring (bicyclic) bond motifs is 3. The van der Waals surface area contributed by atoms with E-state index in [1.165, 1.54) is 10.9 Å². The maximum Gasteiger partial charge on any atom is 0.227 e. The first-order valence-electron chi connectivity index (χ1n) is 12.1. The smallest absolute Gasteiger partial charge is 0.227 e. The molecule has 2 heterocycles. The Morgan fingerprint density at radius 1 is 1.00 bits per heavy atom. The zero-order valence-corrected chi connectivity index (χ0v) is 20.8. The number of amides is 1. The zero-order valence-electron chi connectivity index (χ0n) is 20.0. The summed E-state index contributed by atoms with van der Waals surface area (Å²) in [5, 5.41) is 1.89. The molecule has 6 heteroatoms. The molecule has 5 nitrogen and oxygen atoms in total. The predicted octanol–water partition coefficient (Wildman–Crippen LogP) is 6.34. The average Bonchev–Trinajstić information content (AvgIpc) is 3.25. The lowest BCUT2D eigenvalue weighted by atomic mass is 9.91. The molecule has 0 spiro atoms. The number of carbonyl (C=O) groups is 1. The van der Waals surface area contributed by atoms with Gasteiger partial charge in [-0.3, -0.25) is 4.79 Å². The van der Waals surface area contributed by atoms with Crippen LogP contribution >= 0.6 is 11.6 Å². The van der Waals surface area contributed by atoms with Crippen LogP contribution in [-0.4, -0.2) is 35.5 Å². The molecule has 1 atom stereocenters. The number of hydrogen-bond acceptors (Lipinski definition) is 3. The summed E-state index contributed by atoms with van der Waals surface area (Å²) in [7, 11) is 0. The van der Waals surface area contributed by atoms with Crippen molar-refractivity contribution in [1.29, 1.82) is 0 Å². The van der Waals surface area contributed by atoms with Gasteiger partial charge in [0.25, 0.3) is 0 Å². The normalized spacial score (nSPS) is 15.2. The van der Waals surface area contributed by atoms with Gasteiger partial charge in [0.15, 0.2) is 11.5 Å². The van der Waals surface area contributed by atoms with Gasteiger partial charge < -0.3 is 19.4 Å². The fourth-order valence-corrected chi connectivity index (χ4v) is 5.17. The molecule has 1 aromatic heterocycles. The zero-order chi connectivity index (χ0) is 24.4. The van der Waals surface area contributed by atoms with Crippen molar-refractivity contribution in [3.8, 4) is 11.5 Å². The lowest BCUT2D eigenvalue weighted by molar-refractivity contribution is -0.132. The van der Waals surface area contributed by atoms with Crippen LogP contribution in [0, 0.1) is 0 Å². The maximum atomic E-state index is 13.9. The Labute approximate surface area is 210 Å². The van der Waals surface area contributed by atoms with Crippen molar-refractivity contribution < 1.29 is 14.3 Å². The molecular formula is C29H29ClN2O3. The van der Waals surface area contributed by atoms with Crippen LogP contribution < -0.4 is 9.47 Å². The van der Waals surface area contributed by atoms with Gasteiger partial charge in [-0.25, -0.2) is 0 Å². The minimum atomic E-state index is -0.221. The molecule has 5 rings (SSSR count). The third kappa shape index (κ3) is 4.48. The molecule has 3 aromatic carbocycles. The number of para-hydroxylation sites is 2. The number of nitrogens with zero attached hydrogens (tertiary/aromatic N) is 1. The van der Waals surface area contributed by atoms with E-state index in [0.29, 0.717) is 36.3 Å². The van der Waals surface area contributed by atoms with Crippen LogP contribution in [0.3, 0.4) is 0 Å². The first kappa shape index (κ1) is 23.3. The summed E-state index contributed by atoms with van der Waals surface area (Å²) in [4.78, 5) is 19.4. The molecule has 0 saturated heterocycles. The first-order valence-corrected chi connectivity index (χ1v) is 12.5. The van der Waals surface area contributed by atoms with E-state index in [-0.39, 0.29) is 18.4 Å². The number of ether oxygens (including phenoxy) is 2. The van der Waals surface area contributed by atoms with E-state index in [1.807, 2.05) is 67.3 Å². The number of aromatic nitrogens is 1. The number of halogens is 1. The molecule has 180 valence electrons. The molecule has 0 radical (unpaired) electrons. The van der Waals surface area contributed by atoms with E-state index >= 15 is 0 Å². The second-order valence-corrected chi connectivity index (χ2v) is 9.08. The Morgan fingerprint density at radius 2 is 1.77 bits per heavy atom. The fourth-order valence-electron chi connectivity index (χ4n) is 5.04. The summed E-state index contributed by atoms with van der Waals surface area (Å²) < 4.78 is 11.7. The summed E-state index contributed by atoms with van der Waals surface area (Å²) >= 11 is 6.19. The standard InChI is InChI=1S/C29H29ClN2O3/c1-3-34-25-11-7-8-20(29(25)35-4-2)18-26(33)32-17-16-23-22-9-5-6-10-24(22)31-27(23)28(32)19-12-14-21(30)15-13-19/h5-15,28,31H,3-4,16-18H2,1-2H3/t28-/m1/s1. The molecule has 1 aliphatic rings. The maximum absolute atomic E-state index is 13.9. The number of nitrogens with one attached hydrogen (secondary N) is 1. The number of benzene rings is 3. The second kappa shape index (κ2) is 10.0. The lowest BCUT2D eigenvalue weighted by Gasteiger charge is -2.36. The summed E-state index contributed by atoms with van der Waals surface area (Å²) in [6, 6.07) is 21.6. The van der Waals surface area contributed by atoms with E-state index in [0.717, 1.165) is 28.8 Å².